The van der Waals surface area contributed by atoms with Gasteiger partial charge in [-0.2, -0.15) is 0 Å². The topological polar surface area (TPSA) is 32.6 Å². The van der Waals surface area contributed by atoms with Crippen molar-refractivity contribution in [2.75, 3.05) is 0 Å². The van der Waals surface area contributed by atoms with Crippen LogP contribution >= 0.6 is 0 Å². The zero-order valence-corrected chi connectivity index (χ0v) is 12.6. The van der Waals surface area contributed by atoms with Gasteiger partial charge in [0.1, 0.15) is 11.4 Å². The molecule has 0 saturated heterocycles. The van der Waals surface area contributed by atoms with Crippen molar-refractivity contribution >= 4 is 11.9 Å². The number of phenols is 1. The van der Waals surface area contributed by atoms with Crippen LogP contribution in [-0.4, -0.2) is 11.3 Å². The smallest absolute Gasteiger partial charge is 0.144 e. The maximum atomic E-state index is 10.3. The van der Waals surface area contributed by atoms with Crippen LogP contribution in [0.25, 0.3) is 0 Å². The van der Waals surface area contributed by atoms with Crippen LogP contribution in [-0.2, 0) is 5.41 Å². The van der Waals surface area contributed by atoms with E-state index >= 15 is 0 Å². The Labute approximate surface area is 111 Å². The predicted octanol–water partition coefficient (Wildman–Crippen LogP) is 4.75. The normalized spacial score (nSPS) is 13.3. The molecular formula is C16H25NO. The summed E-state index contributed by atoms with van der Waals surface area (Å²) in [5, 5.41) is 10.3. The van der Waals surface area contributed by atoms with Crippen molar-refractivity contribution in [1.29, 1.82) is 0 Å². The van der Waals surface area contributed by atoms with Crippen molar-refractivity contribution in [2.45, 2.75) is 53.9 Å². The molecule has 1 rings (SSSR count). The lowest BCUT2D eigenvalue weighted by Gasteiger charge is -2.22. The van der Waals surface area contributed by atoms with E-state index in [4.69, 9.17) is 0 Å². The zero-order chi connectivity index (χ0) is 14.1. The van der Waals surface area contributed by atoms with Gasteiger partial charge in [0.25, 0.3) is 0 Å². The molecule has 0 fully saturated rings. The first kappa shape index (κ1) is 14.7. The number of aryl methyl sites for hydroxylation is 1. The summed E-state index contributed by atoms with van der Waals surface area (Å²) >= 11 is 0. The molecule has 100 valence electrons. The van der Waals surface area contributed by atoms with Gasteiger partial charge < -0.3 is 5.11 Å². The standard InChI is InChI=1S/C16H25NO/c1-11-8-12(16(5,6)7)14(18)13(9-11)17-10-15(2,3)4/h8-10,18H,1-7H3/b17-10-. The van der Waals surface area contributed by atoms with E-state index in [1.54, 1.807) is 0 Å². The van der Waals surface area contributed by atoms with E-state index in [1.807, 2.05) is 25.3 Å². The van der Waals surface area contributed by atoms with Crippen LogP contribution in [0.15, 0.2) is 17.1 Å². The van der Waals surface area contributed by atoms with E-state index in [9.17, 15) is 5.11 Å². The minimum Gasteiger partial charge on any atom is -0.505 e. The van der Waals surface area contributed by atoms with Crippen molar-refractivity contribution < 1.29 is 5.11 Å². The molecule has 18 heavy (non-hydrogen) atoms. The molecule has 2 nitrogen and oxygen atoms in total. The van der Waals surface area contributed by atoms with E-state index in [1.165, 1.54) is 0 Å². The Hall–Kier alpha value is -1.31. The highest BCUT2D eigenvalue weighted by molar-refractivity contribution is 5.72. The average molecular weight is 247 g/mol. The van der Waals surface area contributed by atoms with Gasteiger partial charge in [-0.3, -0.25) is 4.99 Å². The Kier molecular flexibility index (Phi) is 3.89. The number of phenolic OH excluding ortho intramolecular Hbond substituents is 1. The molecule has 0 aliphatic carbocycles. The highest BCUT2D eigenvalue weighted by Gasteiger charge is 2.20. The van der Waals surface area contributed by atoms with Gasteiger partial charge in [0, 0.05) is 11.8 Å². The summed E-state index contributed by atoms with van der Waals surface area (Å²) in [5.41, 5.74) is 2.66. The highest BCUT2D eigenvalue weighted by Crippen LogP contribution is 2.38. The molecule has 0 heterocycles. The first-order valence-electron chi connectivity index (χ1n) is 6.40. The second-order valence-corrected chi connectivity index (χ2v) is 7.05. The number of aromatic hydroxyl groups is 1. The summed E-state index contributed by atoms with van der Waals surface area (Å²) in [6, 6.07) is 3.96. The molecule has 0 bridgehead atoms. The molecule has 1 aromatic rings. The van der Waals surface area contributed by atoms with Crippen molar-refractivity contribution in [3.8, 4) is 5.75 Å². The number of aliphatic imine (C=N–C) groups is 1. The molecule has 0 aliphatic rings. The van der Waals surface area contributed by atoms with Gasteiger partial charge >= 0.3 is 0 Å². The Balaban J connectivity index is 3.31. The number of hydrogen-bond acceptors (Lipinski definition) is 2. The summed E-state index contributed by atoms with van der Waals surface area (Å²) in [6.07, 6.45) is 1.88. The lowest BCUT2D eigenvalue weighted by atomic mass is 9.85. The van der Waals surface area contributed by atoms with E-state index in [2.05, 4.69) is 46.5 Å². The van der Waals surface area contributed by atoms with Gasteiger partial charge in [0.15, 0.2) is 0 Å². The number of hydrogen-bond donors (Lipinski definition) is 1. The molecule has 0 atom stereocenters. The van der Waals surface area contributed by atoms with Gasteiger partial charge in [0.2, 0.25) is 0 Å². The van der Waals surface area contributed by atoms with Crippen molar-refractivity contribution in [2.24, 2.45) is 10.4 Å². The van der Waals surface area contributed by atoms with Gasteiger partial charge in [-0.1, -0.05) is 47.6 Å². The van der Waals surface area contributed by atoms with Crippen molar-refractivity contribution in [3.63, 3.8) is 0 Å². The Morgan fingerprint density at radius 3 is 2.06 bits per heavy atom. The Morgan fingerprint density at radius 2 is 1.61 bits per heavy atom. The molecule has 2 heteroatoms. The van der Waals surface area contributed by atoms with Crippen molar-refractivity contribution in [1.82, 2.24) is 0 Å². The average Bonchev–Trinajstić information content (AvgIpc) is 2.16. The third-order valence-electron chi connectivity index (χ3n) is 2.63. The summed E-state index contributed by atoms with van der Waals surface area (Å²) in [7, 11) is 0. The van der Waals surface area contributed by atoms with Crippen LogP contribution in [0.5, 0.6) is 5.75 Å². The van der Waals surface area contributed by atoms with Crippen LogP contribution in [0.2, 0.25) is 0 Å². The molecule has 0 radical (unpaired) electrons. The molecule has 0 aromatic heterocycles. The SMILES string of the molecule is Cc1cc(/N=C\C(C)(C)C)c(O)c(C(C)(C)C)c1. The van der Waals surface area contributed by atoms with Crippen molar-refractivity contribution in [3.05, 3.63) is 23.3 Å². The summed E-state index contributed by atoms with van der Waals surface area (Å²) in [5.74, 6) is 0.300. The lowest BCUT2D eigenvalue weighted by Crippen LogP contribution is -2.11. The molecule has 0 saturated carbocycles. The molecular weight excluding hydrogens is 222 g/mol. The molecule has 1 aromatic carbocycles. The maximum absolute atomic E-state index is 10.3. The molecule has 1 N–H and O–H groups in total. The minimum atomic E-state index is -0.0812. The highest BCUT2D eigenvalue weighted by atomic mass is 16.3. The first-order valence-corrected chi connectivity index (χ1v) is 6.40. The van der Waals surface area contributed by atoms with Crippen LogP contribution < -0.4 is 0 Å². The van der Waals surface area contributed by atoms with Gasteiger partial charge in [-0.25, -0.2) is 0 Å². The maximum Gasteiger partial charge on any atom is 0.144 e. The summed E-state index contributed by atoms with van der Waals surface area (Å²) < 4.78 is 0. The van der Waals surface area contributed by atoms with Crippen LogP contribution in [0.3, 0.4) is 0 Å². The Morgan fingerprint density at radius 1 is 1.06 bits per heavy atom. The predicted molar refractivity (Wildman–Crippen MR) is 79.2 cm³/mol. The lowest BCUT2D eigenvalue weighted by molar-refractivity contribution is 0.448. The quantitative estimate of drug-likeness (QED) is 0.714. The second kappa shape index (κ2) is 4.75. The van der Waals surface area contributed by atoms with Gasteiger partial charge in [-0.15, -0.1) is 0 Å². The monoisotopic (exact) mass is 247 g/mol. The van der Waals surface area contributed by atoms with E-state index in [-0.39, 0.29) is 10.8 Å². The molecule has 0 amide bonds. The van der Waals surface area contributed by atoms with Gasteiger partial charge in [-0.05, 0) is 29.4 Å². The van der Waals surface area contributed by atoms with Crippen LogP contribution in [0.1, 0.15) is 52.7 Å². The Bertz CT molecular complexity index is 459. The molecule has 0 aliphatic heterocycles. The third kappa shape index (κ3) is 3.86. The first-order chi connectivity index (χ1) is 8.00. The molecule has 0 spiro atoms. The van der Waals surface area contributed by atoms with Gasteiger partial charge in [0.05, 0.1) is 0 Å². The number of rotatable bonds is 1. The van der Waals surface area contributed by atoms with E-state index in [0.29, 0.717) is 11.4 Å². The van der Waals surface area contributed by atoms with E-state index < -0.39 is 0 Å². The fourth-order valence-electron chi connectivity index (χ4n) is 1.69. The van der Waals surface area contributed by atoms with Crippen LogP contribution in [0, 0.1) is 12.3 Å². The fourth-order valence-corrected chi connectivity index (χ4v) is 1.69. The minimum absolute atomic E-state index is 0.0120. The van der Waals surface area contributed by atoms with E-state index in [0.717, 1.165) is 11.1 Å². The fraction of sp³-hybridized carbons (Fsp3) is 0.562. The summed E-state index contributed by atoms with van der Waals surface area (Å²) in [4.78, 5) is 4.44. The zero-order valence-electron chi connectivity index (χ0n) is 12.6. The molecule has 0 unspecified atom stereocenters. The summed E-state index contributed by atoms with van der Waals surface area (Å²) in [6.45, 7) is 14.6. The largest absolute Gasteiger partial charge is 0.505 e. The number of nitrogens with zero attached hydrogens (tertiary/aromatic N) is 1. The second-order valence-electron chi connectivity index (χ2n) is 7.05. The number of benzene rings is 1. The third-order valence-corrected chi connectivity index (χ3v) is 2.63. The van der Waals surface area contributed by atoms with Crippen LogP contribution in [0.4, 0.5) is 5.69 Å².